The number of carbonyl (C=O) groups is 3. The first-order valence-corrected chi connectivity index (χ1v) is 6.60. The Morgan fingerprint density at radius 1 is 1.32 bits per heavy atom. The first-order chi connectivity index (χ1) is 8.93. The number of carboxylic acids is 1. The van der Waals surface area contributed by atoms with Gasteiger partial charge in [-0.15, -0.1) is 0 Å². The molecule has 1 unspecified atom stereocenters. The molecule has 1 rings (SSSR count). The normalized spacial score (nSPS) is 15.7. The van der Waals surface area contributed by atoms with Crippen molar-refractivity contribution in [1.82, 2.24) is 4.90 Å². The first-order valence-electron chi connectivity index (χ1n) is 6.60. The van der Waals surface area contributed by atoms with Crippen LogP contribution in [0.5, 0.6) is 0 Å². The zero-order chi connectivity index (χ0) is 14.4. The molecule has 0 radical (unpaired) electrons. The molecule has 0 aliphatic heterocycles. The standard InChI is InChI=1S/C13H21NO5/c1-3-19-13(18)8-14(10-4-5-10)11(15)6-9(2)7-12(16)17/h9-10H,3-8H2,1-2H3,(H,16,17). The Labute approximate surface area is 112 Å². The van der Waals surface area contributed by atoms with Gasteiger partial charge in [-0.05, 0) is 25.7 Å². The molecule has 0 spiro atoms. The number of amides is 1. The van der Waals surface area contributed by atoms with E-state index in [1.807, 2.05) is 0 Å². The van der Waals surface area contributed by atoms with Crippen molar-refractivity contribution in [2.45, 2.75) is 45.6 Å². The van der Waals surface area contributed by atoms with Gasteiger partial charge >= 0.3 is 11.9 Å². The molecule has 0 aromatic carbocycles. The molecule has 1 fully saturated rings. The van der Waals surface area contributed by atoms with Gasteiger partial charge in [0.05, 0.1) is 6.61 Å². The number of nitrogens with zero attached hydrogens (tertiary/aromatic N) is 1. The molecule has 1 aliphatic rings. The van der Waals surface area contributed by atoms with E-state index in [1.165, 1.54) is 4.90 Å². The molecule has 0 aromatic heterocycles. The average Bonchev–Trinajstić information content (AvgIpc) is 3.08. The highest BCUT2D eigenvalue weighted by atomic mass is 16.5. The quantitative estimate of drug-likeness (QED) is 0.667. The molecular weight excluding hydrogens is 250 g/mol. The third kappa shape index (κ3) is 5.72. The lowest BCUT2D eigenvalue weighted by Crippen LogP contribution is -2.39. The van der Waals surface area contributed by atoms with Gasteiger partial charge in [0, 0.05) is 18.9 Å². The Morgan fingerprint density at radius 3 is 2.42 bits per heavy atom. The largest absolute Gasteiger partial charge is 0.481 e. The van der Waals surface area contributed by atoms with Gasteiger partial charge in [0.25, 0.3) is 0 Å². The fourth-order valence-corrected chi connectivity index (χ4v) is 1.94. The van der Waals surface area contributed by atoms with E-state index in [2.05, 4.69) is 0 Å². The Bertz CT molecular complexity index is 351. The molecule has 0 bridgehead atoms. The molecule has 1 amide bonds. The Hall–Kier alpha value is -1.59. The summed E-state index contributed by atoms with van der Waals surface area (Å²) in [7, 11) is 0. The first kappa shape index (κ1) is 15.5. The summed E-state index contributed by atoms with van der Waals surface area (Å²) in [5.41, 5.74) is 0. The van der Waals surface area contributed by atoms with Crippen molar-refractivity contribution in [2.75, 3.05) is 13.2 Å². The summed E-state index contributed by atoms with van der Waals surface area (Å²) < 4.78 is 4.84. The molecule has 1 N–H and O–H groups in total. The summed E-state index contributed by atoms with van der Waals surface area (Å²) in [6.07, 6.45) is 1.92. The van der Waals surface area contributed by atoms with E-state index in [1.54, 1.807) is 13.8 Å². The van der Waals surface area contributed by atoms with E-state index >= 15 is 0 Å². The van der Waals surface area contributed by atoms with Crippen molar-refractivity contribution in [1.29, 1.82) is 0 Å². The van der Waals surface area contributed by atoms with Crippen LogP contribution in [0, 0.1) is 5.92 Å². The van der Waals surface area contributed by atoms with Crippen LogP contribution < -0.4 is 0 Å². The maximum atomic E-state index is 12.1. The summed E-state index contributed by atoms with van der Waals surface area (Å²) in [6.45, 7) is 3.70. The highest BCUT2D eigenvalue weighted by molar-refractivity contribution is 5.83. The lowest BCUT2D eigenvalue weighted by Gasteiger charge is -2.22. The minimum atomic E-state index is -0.913. The van der Waals surface area contributed by atoms with Crippen LogP contribution in [0.25, 0.3) is 0 Å². The number of ether oxygens (including phenoxy) is 1. The zero-order valence-electron chi connectivity index (χ0n) is 11.4. The van der Waals surface area contributed by atoms with Crippen molar-refractivity contribution in [3.05, 3.63) is 0 Å². The van der Waals surface area contributed by atoms with Gasteiger partial charge in [-0.2, -0.15) is 0 Å². The topological polar surface area (TPSA) is 83.9 Å². The molecule has 0 saturated heterocycles. The molecule has 19 heavy (non-hydrogen) atoms. The Morgan fingerprint density at radius 2 is 1.95 bits per heavy atom. The number of aliphatic carboxylic acids is 1. The molecule has 1 saturated carbocycles. The van der Waals surface area contributed by atoms with Gasteiger partial charge in [-0.3, -0.25) is 14.4 Å². The van der Waals surface area contributed by atoms with Crippen LogP contribution in [-0.4, -0.2) is 47.0 Å². The van der Waals surface area contributed by atoms with E-state index < -0.39 is 11.9 Å². The third-order valence-corrected chi connectivity index (χ3v) is 2.96. The van der Waals surface area contributed by atoms with Crippen molar-refractivity contribution in [3.63, 3.8) is 0 Å². The molecule has 108 valence electrons. The van der Waals surface area contributed by atoms with Crippen LogP contribution in [0.15, 0.2) is 0 Å². The van der Waals surface area contributed by atoms with E-state index in [0.717, 1.165) is 12.8 Å². The predicted molar refractivity (Wildman–Crippen MR) is 67.4 cm³/mol. The molecule has 6 nitrogen and oxygen atoms in total. The minimum absolute atomic E-state index is 0.0306. The molecular formula is C13H21NO5. The van der Waals surface area contributed by atoms with Crippen LogP contribution in [0.4, 0.5) is 0 Å². The number of hydrogen-bond acceptors (Lipinski definition) is 4. The minimum Gasteiger partial charge on any atom is -0.481 e. The van der Waals surface area contributed by atoms with Gasteiger partial charge in [0.15, 0.2) is 0 Å². The van der Waals surface area contributed by atoms with E-state index in [9.17, 15) is 14.4 Å². The fourth-order valence-electron chi connectivity index (χ4n) is 1.94. The zero-order valence-corrected chi connectivity index (χ0v) is 11.4. The number of rotatable bonds is 8. The van der Waals surface area contributed by atoms with Crippen molar-refractivity contribution >= 4 is 17.8 Å². The number of carboxylic acid groups (broad SMARTS) is 1. The second kappa shape index (κ2) is 7.11. The molecule has 0 aromatic rings. The van der Waals surface area contributed by atoms with E-state index in [0.29, 0.717) is 6.61 Å². The predicted octanol–water partition coefficient (Wildman–Crippen LogP) is 1.04. The van der Waals surface area contributed by atoms with Crippen molar-refractivity contribution < 1.29 is 24.2 Å². The van der Waals surface area contributed by atoms with Gasteiger partial charge < -0.3 is 14.7 Å². The molecule has 6 heteroatoms. The van der Waals surface area contributed by atoms with E-state index in [4.69, 9.17) is 9.84 Å². The number of carbonyl (C=O) groups excluding carboxylic acids is 2. The summed E-state index contributed by atoms with van der Waals surface area (Å²) >= 11 is 0. The maximum absolute atomic E-state index is 12.1. The van der Waals surface area contributed by atoms with Crippen LogP contribution in [0.1, 0.15) is 39.5 Å². The molecule has 0 heterocycles. The van der Waals surface area contributed by atoms with Gasteiger partial charge in [-0.25, -0.2) is 0 Å². The molecule has 1 aliphatic carbocycles. The maximum Gasteiger partial charge on any atom is 0.325 e. The monoisotopic (exact) mass is 271 g/mol. The molecule has 1 atom stereocenters. The van der Waals surface area contributed by atoms with E-state index in [-0.39, 0.29) is 37.3 Å². The van der Waals surface area contributed by atoms with Crippen LogP contribution in [0.2, 0.25) is 0 Å². The van der Waals surface area contributed by atoms with Gasteiger partial charge in [-0.1, -0.05) is 6.92 Å². The summed E-state index contributed by atoms with van der Waals surface area (Å²) in [5.74, 6) is -1.71. The summed E-state index contributed by atoms with van der Waals surface area (Å²) in [4.78, 5) is 35.6. The summed E-state index contributed by atoms with van der Waals surface area (Å²) in [6, 6.07) is 0.119. The second-order valence-electron chi connectivity index (χ2n) is 4.96. The van der Waals surface area contributed by atoms with Gasteiger partial charge in [0.1, 0.15) is 6.54 Å². The number of esters is 1. The SMILES string of the molecule is CCOC(=O)CN(C(=O)CC(C)CC(=O)O)C1CC1. The average molecular weight is 271 g/mol. The van der Waals surface area contributed by atoms with Crippen LogP contribution in [0.3, 0.4) is 0 Å². The van der Waals surface area contributed by atoms with Crippen LogP contribution in [-0.2, 0) is 19.1 Å². The van der Waals surface area contributed by atoms with Crippen molar-refractivity contribution in [3.8, 4) is 0 Å². The third-order valence-electron chi connectivity index (χ3n) is 2.96. The highest BCUT2D eigenvalue weighted by Crippen LogP contribution is 2.28. The van der Waals surface area contributed by atoms with Gasteiger partial charge in [0.2, 0.25) is 5.91 Å². The lowest BCUT2D eigenvalue weighted by molar-refractivity contribution is -0.150. The van der Waals surface area contributed by atoms with Crippen LogP contribution >= 0.6 is 0 Å². The fraction of sp³-hybridized carbons (Fsp3) is 0.769. The lowest BCUT2D eigenvalue weighted by atomic mass is 10.0. The Kier molecular flexibility index (Phi) is 5.79. The Balaban J connectivity index is 2.48. The second-order valence-corrected chi connectivity index (χ2v) is 4.96. The summed E-state index contributed by atoms with van der Waals surface area (Å²) in [5, 5.41) is 8.67. The number of hydrogen-bond donors (Lipinski definition) is 1. The smallest absolute Gasteiger partial charge is 0.325 e. The highest BCUT2D eigenvalue weighted by Gasteiger charge is 2.34. The van der Waals surface area contributed by atoms with Crippen molar-refractivity contribution in [2.24, 2.45) is 5.92 Å².